The van der Waals surface area contributed by atoms with Gasteiger partial charge in [-0.3, -0.25) is 4.57 Å². The van der Waals surface area contributed by atoms with Crippen LogP contribution in [-0.4, -0.2) is 30.7 Å². The third-order valence-corrected chi connectivity index (χ3v) is 6.30. The molecule has 0 saturated heterocycles. The Morgan fingerprint density at radius 1 is 1.15 bits per heavy atom. The maximum atomic E-state index is 13.5. The number of rotatable bonds is 9. The molecule has 8 nitrogen and oxygen atoms in total. The van der Waals surface area contributed by atoms with Crippen LogP contribution in [0.2, 0.25) is 10.0 Å². The molecule has 1 heterocycles. The van der Waals surface area contributed by atoms with Gasteiger partial charge in [0, 0.05) is 34.8 Å². The summed E-state index contributed by atoms with van der Waals surface area (Å²) in [6, 6.07) is 13.5. The van der Waals surface area contributed by atoms with Crippen molar-refractivity contribution in [2.45, 2.75) is 31.2 Å². The van der Waals surface area contributed by atoms with Gasteiger partial charge in [-0.25, -0.2) is 9.78 Å². The summed E-state index contributed by atoms with van der Waals surface area (Å²) in [6.45, 7) is 3.55. The van der Waals surface area contributed by atoms with E-state index in [0.717, 1.165) is 5.56 Å². The van der Waals surface area contributed by atoms with Crippen molar-refractivity contribution < 1.29 is 22.1 Å². The Hall–Kier alpha value is -3.01. The summed E-state index contributed by atoms with van der Waals surface area (Å²) >= 11 is 12.0. The highest BCUT2D eigenvalue weighted by atomic mass is 35.5. The van der Waals surface area contributed by atoms with E-state index in [1.807, 2.05) is 44.2 Å². The van der Waals surface area contributed by atoms with Gasteiger partial charge >= 0.3 is 16.2 Å². The molecule has 3 aromatic rings. The van der Waals surface area contributed by atoms with Crippen LogP contribution in [0.25, 0.3) is 12.3 Å². The van der Waals surface area contributed by atoms with E-state index in [2.05, 4.69) is 4.98 Å². The Morgan fingerprint density at radius 2 is 1.79 bits per heavy atom. The first kappa shape index (κ1) is 25.6. The van der Waals surface area contributed by atoms with E-state index in [4.69, 9.17) is 37.9 Å². The quantitative estimate of drug-likeness (QED) is 0.378. The molecule has 0 aliphatic carbocycles. The SMILES string of the molecule is CC(C)c1nc(CCOC(N)=O)n(C=Cc2ccccc2)c1S(=O)(=O)Oc1cc(Cl)cc(Cl)c1. The van der Waals surface area contributed by atoms with Crippen molar-refractivity contribution >= 4 is 51.7 Å². The van der Waals surface area contributed by atoms with Crippen molar-refractivity contribution in [2.75, 3.05) is 6.61 Å². The Labute approximate surface area is 208 Å². The van der Waals surface area contributed by atoms with E-state index < -0.39 is 16.2 Å². The molecule has 0 atom stereocenters. The van der Waals surface area contributed by atoms with Gasteiger partial charge in [0.05, 0.1) is 5.69 Å². The van der Waals surface area contributed by atoms with Gasteiger partial charge in [-0.2, -0.15) is 8.42 Å². The molecule has 180 valence electrons. The average molecular weight is 524 g/mol. The number of hydrogen-bond donors (Lipinski definition) is 1. The summed E-state index contributed by atoms with van der Waals surface area (Å²) in [6.07, 6.45) is 2.51. The van der Waals surface area contributed by atoms with Crippen LogP contribution in [0.1, 0.15) is 36.8 Å². The van der Waals surface area contributed by atoms with E-state index in [-0.39, 0.29) is 39.8 Å². The summed E-state index contributed by atoms with van der Waals surface area (Å²) in [5, 5.41) is 0.298. The van der Waals surface area contributed by atoms with Crippen LogP contribution < -0.4 is 9.92 Å². The van der Waals surface area contributed by atoms with Gasteiger partial charge in [0.15, 0.2) is 0 Å². The number of benzene rings is 2. The fraction of sp³-hybridized carbons (Fsp3) is 0.217. The highest BCUT2D eigenvalue weighted by molar-refractivity contribution is 7.87. The highest BCUT2D eigenvalue weighted by Crippen LogP contribution is 2.31. The topological polar surface area (TPSA) is 114 Å². The van der Waals surface area contributed by atoms with E-state index >= 15 is 0 Å². The van der Waals surface area contributed by atoms with Gasteiger partial charge in [0.1, 0.15) is 18.2 Å². The number of nitrogens with two attached hydrogens (primary N) is 1. The minimum atomic E-state index is -4.38. The van der Waals surface area contributed by atoms with Crippen LogP contribution in [0.3, 0.4) is 0 Å². The number of carbonyl (C=O) groups excluding carboxylic acids is 1. The van der Waals surface area contributed by atoms with Gasteiger partial charge in [0.2, 0.25) is 5.03 Å². The molecule has 0 spiro atoms. The second-order valence-electron chi connectivity index (χ2n) is 7.53. The number of amides is 1. The lowest BCUT2D eigenvalue weighted by Crippen LogP contribution is -2.18. The number of carbonyl (C=O) groups is 1. The number of primary amides is 1. The van der Waals surface area contributed by atoms with E-state index in [9.17, 15) is 13.2 Å². The molecule has 2 N–H and O–H groups in total. The fourth-order valence-corrected chi connectivity index (χ4v) is 5.03. The van der Waals surface area contributed by atoms with E-state index in [0.29, 0.717) is 11.5 Å². The molecule has 1 aromatic heterocycles. The average Bonchev–Trinajstić information content (AvgIpc) is 3.11. The van der Waals surface area contributed by atoms with Crippen LogP contribution in [0.15, 0.2) is 53.6 Å². The Bertz CT molecular complexity index is 1290. The number of aromatic nitrogens is 2. The van der Waals surface area contributed by atoms with E-state index in [1.54, 1.807) is 12.3 Å². The second kappa shape index (κ2) is 10.9. The normalized spacial score (nSPS) is 11.8. The van der Waals surface area contributed by atoms with Crippen LogP contribution in [0.5, 0.6) is 5.75 Å². The molecule has 2 aromatic carbocycles. The van der Waals surface area contributed by atoms with Crippen LogP contribution in [0, 0.1) is 0 Å². The Balaban J connectivity index is 2.12. The number of nitrogens with zero attached hydrogens (tertiary/aromatic N) is 2. The highest BCUT2D eigenvalue weighted by Gasteiger charge is 2.31. The van der Waals surface area contributed by atoms with E-state index in [1.165, 1.54) is 22.8 Å². The lowest BCUT2D eigenvalue weighted by molar-refractivity contribution is 0.157. The zero-order valence-electron chi connectivity index (χ0n) is 18.4. The minimum absolute atomic E-state index is 0.0365. The zero-order valence-corrected chi connectivity index (χ0v) is 20.8. The smallest absolute Gasteiger partial charge is 0.404 e. The molecule has 0 aliphatic rings. The summed E-state index contributed by atoms with van der Waals surface area (Å²) in [7, 11) is -4.38. The summed E-state index contributed by atoms with van der Waals surface area (Å²) in [5.41, 5.74) is 6.18. The number of ether oxygens (including phenoxy) is 1. The predicted octanol–water partition coefficient (Wildman–Crippen LogP) is 5.35. The summed E-state index contributed by atoms with van der Waals surface area (Å²) in [5.74, 6) is 0.0487. The third kappa shape index (κ3) is 6.53. The van der Waals surface area contributed by atoms with Crippen LogP contribution in [0.4, 0.5) is 4.79 Å². The number of imidazole rings is 1. The molecule has 11 heteroatoms. The van der Waals surface area contributed by atoms with Crippen molar-refractivity contribution in [1.29, 1.82) is 0 Å². The van der Waals surface area contributed by atoms with Crippen molar-refractivity contribution in [3.63, 3.8) is 0 Å². The minimum Gasteiger partial charge on any atom is -0.449 e. The number of hydrogen-bond acceptors (Lipinski definition) is 6. The maximum Gasteiger partial charge on any atom is 0.404 e. The molecule has 0 unspecified atom stereocenters. The molecule has 0 aliphatic heterocycles. The van der Waals surface area contributed by atoms with Gasteiger partial charge in [-0.1, -0.05) is 67.4 Å². The molecule has 0 radical (unpaired) electrons. The Morgan fingerprint density at radius 3 is 2.38 bits per heavy atom. The molecule has 3 rings (SSSR count). The van der Waals surface area contributed by atoms with Gasteiger partial charge < -0.3 is 14.7 Å². The van der Waals surface area contributed by atoms with Crippen molar-refractivity contribution in [2.24, 2.45) is 5.73 Å². The van der Waals surface area contributed by atoms with Crippen LogP contribution in [-0.2, 0) is 21.3 Å². The van der Waals surface area contributed by atoms with Crippen LogP contribution >= 0.6 is 23.2 Å². The summed E-state index contributed by atoms with van der Waals surface area (Å²) < 4.78 is 38.6. The molecule has 0 bridgehead atoms. The maximum absolute atomic E-state index is 13.5. The molecule has 0 fully saturated rings. The molecule has 0 saturated carbocycles. The zero-order chi connectivity index (χ0) is 24.9. The first-order valence-electron chi connectivity index (χ1n) is 10.2. The van der Waals surface area contributed by atoms with Gasteiger partial charge in [0.25, 0.3) is 0 Å². The lowest BCUT2D eigenvalue weighted by atomic mass is 10.1. The molecular formula is C23H23Cl2N3O5S. The first-order valence-corrected chi connectivity index (χ1v) is 12.4. The Kier molecular flexibility index (Phi) is 8.24. The third-order valence-electron chi connectivity index (χ3n) is 4.58. The molecule has 1 amide bonds. The van der Waals surface area contributed by atoms with Crippen molar-refractivity contribution in [1.82, 2.24) is 9.55 Å². The lowest BCUT2D eigenvalue weighted by Gasteiger charge is -2.12. The molecule has 34 heavy (non-hydrogen) atoms. The summed E-state index contributed by atoms with van der Waals surface area (Å²) in [4.78, 5) is 15.5. The van der Waals surface area contributed by atoms with Gasteiger partial charge in [-0.15, -0.1) is 0 Å². The predicted molar refractivity (Wildman–Crippen MR) is 131 cm³/mol. The van der Waals surface area contributed by atoms with Gasteiger partial charge in [-0.05, 0) is 23.6 Å². The largest absolute Gasteiger partial charge is 0.449 e. The monoisotopic (exact) mass is 523 g/mol. The fourth-order valence-electron chi connectivity index (χ4n) is 3.15. The van der Waals surface area contributed by atoms with Crippen molar-refractivity contribution in [3.8, 4) is 5.75 Å². The van der Waals surface area contributed by atoms with Crippen molar-refractivity contribution in [3.05, 3.63) is 75.7 Å². The second-order valence-corrected chi connectivity index (χ2v) is 9.86. The molecular weight excluding hydrogens is 501 g/mol. The first-order chi connectivity index (χ1) is 16.1. The number of halogens is 2. The standard InChI is InChI=1S/C23H23Cl2N3O5S/c1-15(2)21-22(34(30,31)33-19-13-17(24)12-18(25)14-19)28(10-8-16-6-4-3-5-7-16)20(27-21)9-11-32-23(26)29/h3-8,10,12-15H,9,11H2,1-2H3,(H2,26,29).